The van der Waals surface area contributed by atoms with Gasteiger partial charge in [0.25, 0.3) is 0 Å². The van der Waals surface area contributed by atoms with Gasteiger partial charge in [-0.1, -0.05) is 30.3 Å². The first-order chi connectivity index (χ1) is 12.2. The van der Waals surface area contributed by atoms with Crippen molar-refractivity contribution in [2.45, 2.75) is 6.54 Å². The second-order valence-electron chi connectivity index (χ2n) is 6.34. The van der Waals surface area contributed by atoms with E-state index in [0.29, 0.717) is 0 Å². The predicted octanol–water partition coefficient (Wildman–Crippen LogP) is 2.61. The molecule has 0 unspecified atom stereocenters. The maximum atomic E-state index is 11.5. The molecule has 3 heterocycles. The molecule has 0 saturated carbocycles. The lowest BCUT2D eigenvalue weighted by molar-refractivity contribution is 0.291. The van der Waals surface area contributed by atoms with E-state index in [1.165, 1.54) is 11.1 Å². The predicted molar refractivity (Wildman–Crippen MR) is 103 cm³/mol. The smallest absolute Gasteiger partial charge is 0.145 e. The van der Waals surface area contributed by atoms with Crippen molar-refractivity contribution in [3.8, 4) is 11.3 Å². The lowest BCUT2D eigenvalue weighted by Gasteiger charge is -2.26. The summed E-state index contributed by atoms with van der Waals surface area (Å²) >= 11 is 0. The zero-order chi connectivity index (χ0) is 17.2. The topological polar surface area (TPSA) is 49.6 Å². The molecule has 6 heteroatoms. The molecule has 25 heavy (non-hydrogen) atoms. The van der Waals surface area contributed by atoms with E-state index in [0.717, 1.165) is 48.3 Å². The lowest BCUT2D eigenvalue weighted by atomic mass is 10.1. The van der Waals surface area contributed by atoms with Crippen molar-refractivity contribution in [1.82, 2.24) is 14.3 Å². The van der Waals surface area contributed by atoms with E-state index in [9.17, 15) is 4.21 Å². The van der Waals surface area contributed by atoms with Gasteiger partial charge in [-0.2, -0.15) is 0 Å². The van der Waals surface area contributed by atoms with Gasteiger partial charge in [-0.15, -0.1) is 0 Å². The Balaban J connectivity index is 1.56. The number of benzene rings is 1. The van der Waals surface area contributed by atoms with Crippen molar-refractivity contribution >= 4 is 22.3 Å². The third-order valence-corrected chi connectivity index (χ3v) is 5.95. The molecule has 0 aliphatic carbocycles. The summed E-state index contributed by atoms with van der Waals surface area (Å²) in [4.78, 5) is 6.92. The molecular formula is C19H22N4OS. The van der Waals surface area contributed by atoms with Crippen LogP contribution < -0.4 is 5.32 Å². The first-order valence-electron chi connectivity index (χ1n) is 8.55. The number of imidazole rings is 1. The van der Waals surface area contributed by atoms with Crippen LogP contribution >= 0.6 is 0 Å². The number of hydrogen-bond acceptors (Lipinski definition) is 4. The molecular weight excluding hydrogens is 332 g/mol. The molecule has 0 bridgehead atoms. The number of nitrogens with zero attached hydrogens (tertiary/aromatic N) is 3. The van der Waals surface area contributed by atoms with Crippen LogP contribution in [0.3, 0.4) is 0 Å². The van der Waals surface area contributed by atoms with Crippen LogP contribution in [0.1, 0.15) is 5.56 Å². The van der Waals surface area contributed by atoms with Crippen molar-refractivity contribution in [2.75, 3.05) is 37.0 Å². The highest BCUT2D eigenvalue weighted by Gasteiger charge is 2.15. The molecule has 1 aromatic carbocycles. The van der Waals surface area contributed by atoms with Gasteiger partial charge in [0.1, 0.15) is 11.5 Å². The normalized spacial score (nSPS) is 16.4. The van der Waals surface area contributed by atoms with Crippen LogP contribution in [0, 0.1) is 0 Å². The van der Waals surface area contributed by atoms with Crippen LogP contribution in [0.2, 0.25) is 0 Å². The van der Waals surface area contributed by atoms with Gasteiger partial charge in [0, 0.05) is 49.0 Å². The molecule has 5 nitrogen and oxygen atoms in total. The van der Waals surface area contributed by atoms with Crippen molar-refractivity contribution in [3.05, 3.63) is 54.2 Å². The third kappa shape index (κ3) is 3.45. The van der Waals surface area contributed by atoms with Crippen molar-refractivity contribution in [1.29, 1.82) is 0 Å². The Hall–Kier alpha value is -2.18. The minimum atomic E-state index is -0.615. The third-order valence-electron chi connectivity index (χ3n) is 4.67. The van der Waals surface area contributed by atoms with Gasteiger partial charge in [0.15, 0.2) is 0 Å². The molecule has 0 spiro atoms. The van der Waals surface area contributed by atoms with Gasteiger partial charge in [0.05, 0.1) is 11.9 Å². The summed E-state index contributed by atoms with van der Waals surface area (Å²) in [5, 5.41) is 3.09. The van der Waals surface area contributed by atoms with E-state index >= 15 is 0 Å². The monoisotopic (exact) mass is 354 g/mol. The molecule has 2 aromatic heterocycles. The summed E-state index contributed by atoms with van der Waals surface area (Å²) in [5.74, 6) is 2.47. The Morgan fingerprint density at radius 2 is 1.88 bits per heavy atom. The maximum Gasteiger partial charge on any atom is 0.145 e. The van der Waals surface area contributed by atoms with Gasteiger partial charge in [-0.05, 0) is 23.3 Å². The average Bonchev–Trinajstić information content (AvgIpc) is 3.08. The largest absolute Gasteiger partial charge is 0.372 e. The van der Waals surface area contributed by atoms with Crippen LogP contribution in [-0.2, 0) is 17.3 Å². The molecule has 1 N–H and O–H groups in total. The van der Waals surface area contributed by atoms with E-state index in [-0.39, 0.29) is 0 Å². The molecule has 130 valence electrons. The van der Waals surface area contributed by atoms with Gasteiger partial charge in [-0.25, -0.2) is 4.98 Å². The SMILES string of the molecule is CNc1cn2c(-c3ccc(CN4CCS(=O)CC4)cc3)cccc2n1. The maximum absolute atomic E-state index is 11.5. The first-order valence-corrected chi connectivity index (χ1v) is 10.0. The number of fused-ring (bicyclic) bond motifs is 1. The Labute approximate surface area is 150 Å². The number of aromatic nitrogens is 2. The van der Waals surface area contributed by atoms with Crippen molar-refractivity contribution < 1.29 is 4.21 Å². The number of hydrogen-bond donors (Lipinski definition) is 1. The van der Waals surface area contributed by atoms with Crippen LogP contribution in [0.25, 0.3) is 16.9 Å². The summed E-state index contributed by atoms with van der Waals surface area (Å²) in [5.41, 5.74) is 4.54. The molecule has 0 atom stereocenters. The Morgan fingerprint density at radius 3 is 2.60 bits per heavy atom. The fourth-order valence-electron chi connectivity index (χ4n) is 3.24. The quantitative estimate of drug-likeness (QED) is 0.782. The standard InChI is InChI=1S/C19H22N4OS/c1-20-18-14-23-17(3-2-4-19(23)21-18)16-7-5-15(6-8-16)13-22-9-11-25(24)12-10-22/h2-8,14,20H,9-13H2,1H3. The molecule has 1 aliphatic rings. The fourth-order valence-corrected chi connectivity index (χ4v) is 4.37. The van der Waals surface area contributed by atoms with Crippen molar-refractivity contribution in [2.24, 2.45) is 0 Å². The van der Waals surface area contributed by atoms with E-state index in [2.05, 4.69) is 49.9 Å². The van der Waals surface area contributed by atoms with Crippen LogP contribution in [-0.4, -0.2) is 50.1 Å². The van der Waals surface area contributed by atoms with Crippen molar-refractivity contribution in [3.63, 3.8) is 0 Å². The highest BCUT2D eigenvalue weighted by atomic mass is 32.2. The fraction of sp³-hybridized carbons (Fsp3) is 0.316. The summed E-state index contributed by atoms with van der Waals surface area (Å²) in [6.07, 6.45) is 2.02. The van der Waals surface area contributed by atoms with E-state index in [1.54, 1.807) is 0 Å². The molecule has 1 aliphatic heterocycles. The van der Waals surface area contributed by atoms with E-state index in [1.807, 2.05) is 25.4 Å². The molecule has 1 saturated heterocycles. The summed E-state index contributed by atoms with van der Waals surface area (Å²) in [7, 11) is 1.27. The van der Waals surface area contributed by atoms with Crippen LogP contribution in [0.5, 0.6) is 0 Å². The molecule has 3 aromatic rings. The Bertz CT molecular complexity index is 893. The number of nitrogens with one attached hydrogen (secondary N) is 1. The Kier molecular flexibility index (Phi) is 4.55. The second kappa shape index (κ2) is 6.98. The molecule has 4 rings (SSSR count). The summed E-state index contributed by atoms with van der Waals surface area (Å²) in [6.45, 7) is 2.78. The van der Waals surface area contributed by atoms with Crippen LogP contribution in [0.4, 0.5) is 5.82 Å². The minimum Gasteiger partial charge on any atom is -0.372 e. The highest BCUT2D eigenvalue weighted by molar-refractivity contribution is 7.85. The zero-order valence-corrected chi connectivity index (χ0v) is 15.1. The van der Waals surface area contributed by atoms with Crippen LogP contribution in [0.15, 0.2) is 48.7 Å². The molecule has 0 amide bonds. The first kappa shape index (κ1) is 16.3. The molecule has 1 fully saturated rings. The van der Waals surface area contributed by atoms with Gasteiger partial charge >= 0.3 is 0 Å². The van der Waals surface area contributed by atoms with Gasteiger partial charge in [-0.3, -0.25) is 13.5 Å². The van der Waals surface area contributed by atoms with E-state index < -0.39 is 10.8 Å². The van der Waals surface area contributed by atoms with Gasteiger partial charge in [0.2, 0.25) is 0 Å². The average molecular weight is 354 g/mol. The summed E-state index contributed by atoms with van der Waals surface area (Å²) < 4.78 is 13.6. The number of pyridine rings is 1. The van der Waals surface area contributed by atoms with Gasteiger partial charge < -0.3 is 5.32 Å². The Morgan fingerprint density at radius 1 is 1.12 bits per heavy atom. The second-order valence-corrected chi connectivity index (χ2v) is 8.03. The lowest BCUT2D eigenvalue weighted by Crippen LogP contribution is -2.37. The van der Waals surface area contributed by atoms with E-state index in [4.69, 9.17) is 0 Å². The number of rotatable bonds is 4. The minimum absolute atomic E-state index is 0.615. The molecule has 0 radical (unpaired) electrons. The number of anilines is 1. The highest BCUT2D eigenvalue weighted by Crippen LogP contribution is 2.23. The zero-order valence-electron chi connectivity index (χ0n) is 14.3. The summed E-state index contributed by atoms with van der Waals surface area (Å²) in [6, 6.07) is 14.9.